The molecule has 1 aliphatic rings. The zero-order chi connectivity index (χ0) is 11.1. The Morgan fingerprint density at radius 2 is 2.33 bits per heavy atom. The number of carbonyl (C=O) groups is 1. The van der Waals surface area contributed by atoms with Gasteiger partial charge in [-0.25, -0.2) is 9.78 Å². The Bertz CT molecular complexity index is 383. The molecule has 2 N–H and O–H groups in total. The van der Waals surface area contributed by atoms with Gasteiger partial charge in [0.25, 0.3) is 0 Å². The number of rotatable bonds is 4. The van der Waals surface area contributed by atoms with E-state index < -0.39 is 5.97 Å². The minimum Gasteiger partial charge on any atom is -0.477 e. The van der Waals surface area contributed by atoms with E-state index in [1.165, 1.54) is 17.5 Å². The molecule has 0 bridgehead atoms. The lowest BCUT2D eigenvalue weighted by Gasteiger charge is -2.20. The van der Waals surface area contributed by atoms with Crippen molar-refractivity contribution in [2.45, 2.75) is 32.2 Å². The average Bonchev–Trinajstić information content (AvgIpc) is 2.76. The van der Waals surface area contributed by atoms with E-state index in [0.717, 1.165) is 18.0 Å². The van der Waals surface area contributed by atoms with Gasteiger partial charge in [0.2, 0.25) is 0 Å². The number of aromatic carboxylic acids is 1. The van der Waals surface area contributed by atoms with Crippen molar-refractivity contribution in [3.05, 3.63) is 11.1 Å². The summed E-state index contributed by atoms with van der Waals surface area (Å²) in [4.78, 5) is 15.0. The van der Waals surface area contributed by atoms with Gasteiger partial charge in [-0.3, -0.25) is 0 Å². The molecule has 1 aromatic heterocycles. The summed E-state index contributed by atoms with van der Waals surface area (Å²) in [6.07, 6.45) is 3.70. The Labute approximate surface area is 92.3 Å². The summed E-state index contributed by atoms with van der Waals surface area (Å²) in [7, 11) is 0. The number of aromatic nitrogens is 1. The lowest BCUT2D eigenvalue weighted by molar-refractivity contribution is 0.0702. The van der Waals surface area contributed by atoms with Crippen LogP contribution in [-0.4, -0.2) is 21.6 Å². The first kappa shape index (κ1) is 10.4. The second-order valence-electron chi connectivity index (χ2n) is 4.27. The van der Waals surface area contributed by atoms with Gasteiger partial charge in [0, 0.05) is 5.54 Å². The Balaban J connectivity index is 2.08. The fourth-order valence-electron chi connectivity index (χ4n) is 1.63. The number of anilines is 1. The predicted octanol–water partition coefficient (Wildman–Crippen LogP) is 2.44. The number of carboxylic acid groups (broad SMARTS) is 1. The summed E-state index contributed by atoms with van der Waals surface area (Å²) in [5.74, 6) is -0.357. The minimum atomic E-state index is -0.907. The fraction of sp³-hybridized carbons (Fsp3) is 0.600. The second-order valence-corrected chi connectivity index (χ2v) is 5.30. The van der Waals surface area contributed by atoms with Gasteiger partial charge >= 0.3 is 5.97 Å². The molecule has 15 heavy (non-hydrogen) atoms. The summed E-state index contributed by atoms with van der Waals surface area (Å²) in [6.45, 7) is 4.34. The molecule has 0 aromatic carbocycles. The van der Waals surface area contributed by atoms with Crippen molar-refractivity contribution in [2.24, 2.45) is 5.92 Å². The first-order valence-corrected chi connectivity index (χ1v) is 5.82. The number of hydrogen-bond acceptors (Lipinski definition) is 4. The van der Waals surface area contributed by atoms with Gasteiger partial charge in [-0.2, -0.15) is 0 Å². The van der Waals surface area contributed by atoms with Crippen LogP contribution in [0.3, 0.4) is 0 Å². The third kappa shape index (κ3) is 1.97. The van der Waals surface area contributed by atoms with Crippen LogP contribution in [0.15, 0.2) is 6.20 Å². The molecular weight excluding hydrogens is 212 g/mol. The molecule has 0 saturated heterocycles. The highest BCUT2D eigenvalue weighted by Crippen LogP contribution is 2.45. The summed E-state index contributed by atoms with van der Waals surface area (Å²) in [5.41, 5.74) is 0.160. The van der Waals surface area contributed by atoms with Crippen LogP contribution in [0, 0.1) is 5.92 Å². The molecule has 0 aliphatic heterocycles. The third-order valence-electron chi connectivity index (χ3n) is 2.97. The standard InChI is InChI=1S/C10H14N2O2S/c1-6(2)10(3-4-10)12-9-11-5-7(15-9)8(13)14/h5-6H,3-4H2,1-2H3,(H,11,12)(H,13,14). The van der Waals surface area contributed by atoms with E-state index in [0.29, 0.717) is 5.92 Å². The molecule has 1 heterocycles. The summed E-state index contributed by atoms with van der Waals surface area (Å²) < 4.78 is 0. The second kappa shape index (κ2) is 3.48. The Hall–Kier alpha value is -1.10. The van der Waals surface area contributed by atoms with Crippen LogP contribution in [0.2, 0.25) is 0 Å². The summed E-state index contributed by atoms with van der Waals surface area (Å²) in [6, 6.07) is 0. The van der Waals surface area contributed by atoms with E-state index in [2.05, 4.69) is 24.1 Å². The minimum absolute atomic E-state index is 0.160. The third-order valence-corrected chi connectivity index (χ3v) is 3.87. The van der Waals surface area contributed by atoms with Crippen molar-refractivity contribution < 1.29 is 9.90 Å². The van der Waals surface area contributed by atoms with Crippen LogP contribution in [-0.2, 0) is 0 Å². The summed E-state index contributed by atoms with van der Waals surface area (Å²) >= 11 is 1.20. The number of carboxylic acids is 1. The topological polar surface area (TPSA) is 62.2 Å². The highest BCUT2D eigenvalue weighted by atomic mass is 32.1. The van der Waals surface area contributed by atoms with Crippen molar-refractivity contribution in [3.8, 4) is 0 Å². The molecule has 4 nitrogen and oxygen atoms in total. The molecule has 0 radical (unpaired) electrons. The lowest BCUT2D eigenvalue weighted by Crippen LogP contribution is -2.27. The zero-order valence-corrected chi connectivity index (χ0v) is 9.60. The van der Waals surface area contributed by atoms with Gasteiger partial charge in [-0.05, 0) is 18.8 Å². The van der Waals surface area contributed by atoms with Crippen molar-refractivity contribution in [1.29, 1.82) is 0 Å². The van der Waals surface area contributed by atoms with Gasteiger partial charge in [0.05, 0.1) is 6.20 Å². The smallest absolute Gasteiger partial charge is 0.347 e. The molecule has 0 amide bonds. The first-order chi connectivity index (χ1) is 7.03. The highest BCUT2D eigenvalue weighted by molar-refractivity contribution is 7.17. The molecule has 1 aromatic rings. The van der Waals surface area contributed by atoms with E-state index in [4.69, 9.17) is 5.11 Å². The van der Waals surface area contributed by atoms with Crippen LogP contribution in [0.4, 0.5) is 5.13 Å². The van der Waals surface area contributed by atoms with E-state index in [1.54, 1.807) is 0 Å². The van der Waals surface area contributed by atoms with Crippen LogP contribution >= 0.6 is 11.3 Å². The van der Waals surface area contributed by atoms with Gasteiger partial charge < -0.3 is 10.4 Å². The van der Waals surface area contributed by atoms with Gasteiger partial charge in [-0.15, -0.1) is 0 Å². The quantitative estimate of drug-likeness (QED) is 0.827. The van der Waals surface area contributed by atoms with Crippen LogP contribution in [0.5, 0.6) is 0 Å². The average molecular weight is 226 g/mol. The number of nitrogens with zero attached hydrogens (tertiary/aromatic N) is 1. The Kier molecular flexibility index (Phi) is 2.42. The van der Waals surface area contributed by atoms with E-state index >= 15 is 0 Å². The molecular formula is C10H14N2O2S. The zero-order valence-electron chi connectivity index (χ0n) is 8.78. The molecule has 0 atom stereocenters. The molecule has 1 aliphatic carbocycles. The highest BCUT2D eigenvalue weighted by Gasteiger charge is 2.45. The number of hydrogen-bond donors (Lipinski definition) is 2. The maximum Gasteiger partial charge on any atom is 0.347 e. The van der Waals surface area contributed by atoms with Crippen LogP contribution in [0.1, 0.15) is 36.4 Å². The largest absolute Gasteiger partial charge is 0.477 e. The van der Waals surface area contributed by atoms with Crippen LogP contribution in [0.25, 0.3) is 0 Å². The molecule has 1 fully saturated rings. The molecule has 0 unspecified atom stereocenters. The molecule has 1 saturated carbocycles. The Morgan fingerprint density at radius 1 is 1.67 bits per heavy atom. The first-order valence-electron chi connectivity index (χ1n) is 5.01. The maximum absolute atomic E-state index is 10.7. The molecule has 2 rings (SSSR count). The number of thiazole rings is 1. The summed E-state index contributed by atoms with van der Waals surface area (Å²) in [5, 5.41) is 12.8. The SMILES string of the molecule is CC(C)C1(Nc2ncc(C(=O)O)s2)CC1. The van der Waals surface area contributed by atoms with Gasteiger partial charge in [0.1, 0.15) is 4.88 Å². The van der Waals surface area contributed by atoms with Crippen molar-refractivity contribution >= 4 is 22.4 Å². The van der Waals surface area contributed by atoms with Crippen molar-refractivity contribution in [3.63, 3.8) is 0 Å². The van der Waals surface area contributed by atoms with E-state index in [-0.39, 0.29) is 10.4 Å². The molecule has 82 valence electrons. The normalized spacial score (nSPS) is 17.8. The fourth-order valence-corrected chi connectivity index (χ4v) is 2.39. The van der Waals surface area contributed by atoms with Crippen molar-refractivity contribution in [1.82, 2.24) is 4.98 Å². The number of nitrogens with one attached hydrogen (secondary N) is 1. The van der Waals surface area contributed by atoms with Crippen molar-refractivity contribution in [2.75, 3.05) is 5.32 Å². The molecule has 0 spiro atoms. The van der Waals surface area contributed by atoms with E-state index in [1.807, 2.05) is 0 Å². The lowest BCUT2D eigenvalue weighted by atomic mass is 10.0. The van der Waals surface area contributed by atoms with Gasteiger partial charge in [-0.1, -0.05) is 25.2 Å². The van der Waals surface area contributed by atoms with Gasteiger partial charge in [0.15, 0.2) is 5.13 Å². The van der Waals surface area contributed by atoms with Crippen LogP contribution < -0.4 is 5.32 Å². The van der Waals surface area contributed by atoms with E-state index in [9.17, 15) is 4.79 Å². The maximum atomic E-state index is 10.7. The molecule has 5 heteroatoms. The monoisotopic (exact) mass is 226 g/mol. The predicted molar refractivity (Wildman–Crippen MR) is 59.5 cm³/mol. The Morgan fingerprint density at radius 3 is 2.73 bits per heavy atom.